The summed E-state index contributed by atoms with van der Waals surface area (Å²) in [4.78, 5) is 14.1. The van der Waals surface area contributed by atoms with E-state index in [1.54, 1.807) is 38.5 Å². The molecule has 2 rings (SSSR count). The van der Waals surface area contributed by atoms with E-state index >= 15 is 0 Å². The predicted molar refractivity (Wildman–Crippen MR) is 95.7 cm³/mol. The largest absolute Gasteiger partial charge is 0.493 e. The molecule has 25 heavy (non-hydrogen) atoms. The van der Waals surface area contributed by atoms with Gasteiger partial charge in [0, 0.05) is 12.1 Å². The second-order valence-electron chi connectivity index (χ2n) is 5.53. The number of anilines is 1. The number of nitrogens with zero attached hydrogens (tertiary/aromatic N) is 2. The Labute approximate surface area is 147 Å². The normalized spacial score (nSPS) is 10.2. The topological polar surface area (TPSA) is 74.6 Å². The molecule has 1 amide bonds. The first-order valence-corrected chi connectivity index (χ1v) is 7.76. The van der Waals surface area contributed by atoms with Gasteiger partial charge in [0.2, 0.25) is 5.91 Å². The number of benzene rings is 2. The minimum atomic E-state index is -0.188. The third-order valence-corrected chi connectivity index (χ3v) is 3.66. The molecule has 2 aromatic rings. The Morgan fingerprint density at radius 2 is 1.92 bits per heavy atom. The molecule has 0 aromatic heterocycles. The first kappa shape index (κ1) is 18.3. The maximum Gasteiger partial charge on any atom is 0.238 e. The number of rotatable bonds is 7. The molecule has 0 saturated heterocycles. The summed E-state index contributed by atoms with van der Waals surface area (Å²) < 4.78 is 10.7. The Kier molecular flexibility index (Phi) is 6.38. The SMILES string of the molecule is COc1cccc(CN(C)CC(=O)Nc2ccccc2C#N)c1OC. The number of hydrogen-bond acceptors (Lipinski definition) is 5. The summed E-state index contributed by atoms with van der Waals surface area (Å²) in [5, 5.41) is 11.8. The molecule has 0 aliphatic carbocycles. The summed E-state index contributed by atoms with van der Waals surface area (Å²) in [5.41, 5.74) is 1.88. The summed E-state index contributed by atoms with van der Waals surface area (Å²) in [6.07, 6.45) is 0. The molecule has 1 N–H and O–H groups in total. The quantitative estimate of drug-likeness (QED) is 0.839. The number of ether oxygens (including phenoxy) is 2. The van der Waals surface area contributed by atoms with Crippen molar-refractivity contribution in [3.63, 3.8) is 0 Å². The fraction of sp³-hybridized carbons (Fsp3) is 0.263. The van der Waals surface area contributed by atoms with Crippen LogP contribution in [0.15, 0.2) is 42.5 Å². The number of carbonyl (C=O) groups excluding carboxylic acids is 1. The first-order chi connectivity index (χ1) is 12.1. The minimum Gasteiger partial charge on any atom is -0.493 e. The molecule has 0 aliphatic rings. The molecule has 0 radical (unpaired) electrons. The van der Waals surface area contributed by atoms with E-state index < -0.39 is 0 Å². The molecule has 0 spiro atoms. The van der Waals surface area contributed by atoms with Crippen molar-refractivity contribution in [1.29, 1.82) is 5.26 Å². The summed E-state index contributed by atoms with van der Waals surface area (Å²) in [6.45, 7) is 0.702. The van der Waals surface area contributed by atoms with Crippen LogP contribution in [0.1, 0.15) is 11.1 Å². The summed E-state index contributed by atoms with van der Waals surface area (Å²) in [6, 6.07) is 14.6. The van der Waals surface area contributed by atoms with Gasteiger partial charge in [-0.25, -0.2) is 0 Å². The number of methoxy groups -OCH3 is 2. The van der Waals surface area contributed by atoms with Crippen molar-refractivity contribution in [3.05, 3.63) is 53.6 Å². The van der Waals surface area contributed by atoms with Gasteiger partial charge in [-0.15, -0.1) is 0 Å². The smallest absolute Gasteiger partial charge is 0.238 e. The Hall–Kier alpha value is -3.04. The summed E-state index contributed by atoms with van der Waals surface area (Å²) in [5.74, 6) is 1.12. The zero-order valence-electron chi connectivity index (χ0n) is 14.6. The summed E-state index contributed by atoms with van der Waals surface area (Å²) in [7, 11) is 5.02. The number of amides is 1. The molecule has 0 heterocycles. The lowest BCUT2D eigenvalue weighted by atomic mass is 10.1. The molecule has 6 heteroatoms. The second-order valence-corrected chi connectivity index (χ2v) is 5.53. The summed E-state index contributed by atoms with van der Waals surface area (Å²) >= 11 is 0. The van der Waals surface area contributed by atoms with Gasteiger partial charge in [0.05, 0.1) is 32.0 Å². The molecule has 0 aliphatic heterocycles. The van der Waals surface area contributed by atoms with Gasteiger partial charge in [-0.2, -0.15) is 5.26 Å². The third kappa shape index (κ3) is 4.72. The van der Waals surface area contributed by atoms with E-state index in [9.17, 15) is 4.79 Å². The van der Waals surface area contributed by atoms with Crippen molar-refractivity contribution in [3.8, 4) is 17.6 Å². The van der Waals surface area contributed by atoms with Crippen molar-refractivity contribution in [1.82, 2.24) is 4.90 Å². The van der Waals surface area contributed by atoms with Gasteiger partial charge in [0.15, 0.2) is 11.5 Å². The van der Waals surface area contributed by atoms with E-state index in [-0.39, 0.29) is 12.5 Å². The van der Waals surface area contributed by atoms with Crippen LogP contribution in [0.4, 0.5) is 5.69 Å². The van der Waals surface area contributed by atoms with Crippen LogP contribution in [0.5, 0.6) is 11.5 Å². The lowest BCUT2D eigenvalue weighted by molar-refractivity contribution is -0.117. The van der Waals surface area contributed by atoms with Gasteiger partial charge in [0.1, 0.15) is 6.07 Å². The Morgan fingerprint density at radius 1 is 1.16 bits per heavy atom. The number of nitrogens with one attached hydrogen (secondary N) is 1. The van der Waals surface area contributed by atoms with Crippen LogP contribution in [-0.2, 0) is 11.3 Å². The molecule has 0 saturated carbocycles. The van der Waals surface area contributed by atoms with Crippen LogP contribution in [-0.4, -0.2) is 38.6 Å². The fourth-order valence-electron chi connectivity index (χ4n) is 2.55. The molecule has 0 fully saturated rings. The van der Waals surface area contributed by atoms with Crippen LogP contribution in [0.2, 0.25) is 0 Å². The van der Waals surface area contributed by atoms with Gasteiger partial charge < -0.3 is 14.8 Å². The van der Waals surface area contributed by atoms with E-state index in [0.29, 0.717) is 29.3 Å². The number of nitriles is 1. The number of hydrogen-bond donors (Lipinski definition) is 1. The lowest BCUT2D eigenvalue weighted by Gasteiger charge is -2.19. The lowest BCUT2D eigenvalue weighted by Crippen LogP contribution is -2.30. The van der Waals surface area contributed by atoms with Crippen LogP contribution >= 0.6 is 0 Å². The van der Waals surface area contributed by atoms with Crippen molar-refractivity contribution in [2.24, 2.45) is 0 Å². The highest BCUT2D eigenvalue weighted by atomic mass is 16.5. The van der Waals surface area contributed by atoms with Crippen molar-refractivity contribution < 1.29 is 14.3 Å². The molecule has 130 valence electrons. The third-order valence-electron chi connectivity index (χ3n) is 3.66. The molecule has 0 atom stereocenters. The number of likely N-dealkylation sites (N-methyl/N-ethyl adjacent to an activating group) is 1. The van der Waals surface area contributed by atoms with Crippen molar-refractivity contribution in [2.45, 2.75) is 6.54 Å². The average Bonchev–Trinajstić information content (AvgIpc) is 2.61. The molecule has 0 bridgehead atoms. The molecule has 6 nitrogen and oxygen atoms in total. The van der Waals surface area contributed by atoms with Crippen molar-refractivity contribution >= 4 is 11.6 Å². The van der Waals surface area contributed by atoms with Gasteiger partial charge >= 0.3 is 0 Å². The van der Waals surface area contributed by atoms with Gasteiger partial charge in [-0.1, -0.05) is 24.3 Å². The molecule has 2 aromatic carbocycles. The zero-order valence-corrected chi connectivity index (χ0v) is 14.6. The van der Waals surface area contributed by atoms with Gasteiger partial charge in [-0.05, 0) is 25.2 Å². The van der Waals surface area contributed by atoms with E-state index in [2.05, 4.69) is 11.4 Å². The predicted octanol–water partition coefficient (Wildman–Crippen LogP) is 2.65. The van der Waals surface area contributed by atoms with Crippen LogP contribution < -0.4 is 14.8 Å². The standard InChI is InChI=1S/C19H21N3O3/c1-22(12-15-8-6-10-17(24-2)19(15)25-3)13-18(23)21-16-9-5-4-7-14(16)11-20/h4-10H,12-13H2,1-3H3,(H,21,23). The van der Waals surface area contributed by atoms with Crippen LogP contribution in [0.25, 0.3) is 0 Å². The monoisotopic (exact) mass is 339 g/mol. The van der Waals surface area contributed by atoms with E-state index in [1.165, 1.54) is 0 Å². The van der Waals surface area contributed by atoms with Crippen LogP contribution in [0.3, 0.4) is 0 Å². The second kappa shape index (κ2) is 8.71. The maximum atomic E-state index is 12.2. The minimum absolute atomic E-state index is 0.181. The van der Waals surface area contributed by atoms with Gasteiger partial charge in [0.25, 0.3) is 0 Å². The highest BCUT2D eigenvalue weighted by molar-refractivity contribution is 5.93. The van der Waals surface area contributed by atoms with E-state index in [0.717, 1.165) is 5.56 Å². The zero-order chi connectivity index (χ0) is 18.2. The van der Waals surface area contributed by atoms with Crippen molar-refractivity contribution in [2.75, 3.05) is 33.1 Å². The Bertz CT molecular complexity index is 784. The maximum absolute atomic E-state index is 12.2. The number of para-hydroxylation sites is 2. The number of carbonyl (C=O) groups is 1. The molecular formula is C19H21N3O3. The van der Waals surface area contributed by atoms with E-state index in [4.69, 9.17) is 14.7 Å². The van der Waals surface area contributed by atoms with Crippen LogP contribution in [0, 0.1) is 11.3 Å². The molecular weight excluding hydrogens is 318 g/mol. The molecule has 0 unspecified atom stereocenters. The van der Waals surface area contributed by atoms with E-state index in [1.807, 2.05) is 30.1 Å². The highest BCUT2D eigenvalue weighted by Crippen LogP contribution is 2.31. The highest BCUT2D eigenvalue weighted by Gasteiger charge is 2.14. The first-order valence-electron chi connectivity index (χ1n) is 7.76. The average molecular weight is 339 g/mol. The Balaban J connectivity index is 2.02. The van der Waals surface area contributed by atoms with Gasteiger partial charge in [-0.3, -0.25) is 9.69 Å². The Morgan fingerprint density at radius 3 is 2.60 bits per heavy atom. The fourth-order valence-corrected chi connectivity index (χ4v) is 2.55.